The summed E-state index contributed by atoms with van der Waals surface area (Å²) in [5.74, 6) is -0.295. The summed E-state index contributed by atoms with van der Waals surface area (Å²) in [5.41, 5.74) is 3.00. The van der Waals surface area contributed by atoms with Gasteiger partial charge >= 0.3 is 0 Å². The summed E-state index contributed by atoms with van der Waals surface area (Å²) in [6.07, 6.45) is 1.39. The Morgan fingerprint density at radius 2 is 1.81 bits per heavy atom. The molecule has 1 aromatic heterocycles. The Hall–Kier alpha value is -2.93. The molecule has 2 heterocycles. The Morgan fingerprint density at radius 3 is 2.55 bits per heavy atom. The van der Waals surface area contributed by atoms with Gasteiger partial charge in [-0.25, -0.2) is 0 Å². The van der Waals surface area contributed by atoms with E-state index in [1.54, 1.807) is 30.3 Å². The third-order valence-electron chi connectivity index (χ3n) is 4.82. The molecule has 0 unspecified atom stereocenters. The molecule has 3 aromatic rings. The number of hydrogen-bond acceptors (Lipinski definition) is 4. The number of hydrogen-bond donors (Lipinski definition) is 1. The predicted molar refractivity (Wildman–Crippen MR) is 126 cm³/mol. The number of aryl methyl sites for hydroxylation is 2. The van der Waals surface area contributed by atoms with Crippen LogP contribution in [0.3, 0.4) is 0 Å². The standard InChI is InChI=1S/C23H16Cl2N2O3S/c1-12-3-4-13(2)19(9-12)27-22(29)17(21(28)26-23(27)31)11-15-6-8-20(30-15)16-7-5-14(24)10-18(16)25/h3-11H,1-2H3,(H,26,28,31)/b17-11-. The summed E-state index contributed by atoms with van der Waals surface area (Å²) in [4.78, 5) is 27.1. The van der Waals surface area contributed by atoms with Crippen LogP contribution in [0.4, 0.5) is 5.69 Å². The Morgan fingerprint density at radius 1 is 1.03 bits per heavy atom. The van der Waals surface area contributed by atoms with E-state index in [4.69, 9.17) is 39.8 Å². The van der Waals surface area contributed by atoms with Crippen molar-refractivity contribution in [2.24, 2.45) is 0 Å². The van der Waals surface area contributed by atoms with Crippen LogP contribution in [-0.4, -0.2) is 16.9 Å². The SMILES string of the molecule is Cc1ccc(C)c(N2C(=O)/C(=C\c3ccc(-c4ccc(Cl)cc4Cl)o3)C(=O)NC2=S)c1. The molecule has 1 N–H and O–H groups in total. The number of halogens is 2. The van der Waals surface area contributed by atoms with Crippen LogP contribution in [0.2, 0.25) is 10.0 Å². The fourth-order valence-electron chi connectivity index (χ4n) is 3.24. The highest BCUT2D eigenvalue weighted by molar-refractivity contribution is 7.80. The van der Waals surface area contributed by atoms with Gasteiger partial charge in [0.1, 0.15) is 17.1 Å². The van der Waals surface area contributed by atoms with Crippen LogP contribution in [0.15, 0.2) is 58.5 Å². The first-order valence-corrected chi connectivity index (χ1v) is 10.4. The number of benzene rings is 2. The van der Waals surface area contributed by atoms with Gasteiger partial charge in [-0.15, -0.1) is 0 Å². The summed E-state index contributed by atoms with van der Waals surface area (Å²) in [6, 6.07) is 14.1. The minimum atomic E-state index is -0.584. The summed E-state index contributed by atoms with van der Waals surface area (Å²) in [7, 11) is 0. The lowest BCUT2D eigenvalue weighted by atomic mass is 10.1. The molecule has 0 bridgehead atoms. The molecule has 1 aliphatic rings. The second-order valence-corrected chi connectivity index (χ2v) is 8.30. The molecule has 1 saturated heterocycles. The van der Waals surface area contributed by atoms with E-state index in [0.717, 1.165) is 11.1 Å². The van der Waals surface area contributed by atoms with Gasteiger partial charge in [-0.3, -0.25) is 19.8 Å². The number of thiocarbonyl (C=S) groups is 1. The zero-order chi connectivity index (χ0) is 22.3. The van der Waals surface area contributed by atoms with Crippen LogP contribution in [-0.2, 0) is 9.59 Å². The topological polar surface area (TPSA) is 62.6 Å². The first-order valence-electron chi connectivity index (χ1n) is 9.28. The molecule has 156 valence electrons. The van der Waals surface area contributed by atoms with Gasteiger partial charge in [-0.05, 0) is 79.7 Å². The predicted octanol–water partition coefficient (Wildman–Crippen LogP) is 5.70. The highest BCUT2D eigenvalue weighted by Crippen LogP contribution is 2.32. The van der Waals surface area contributed by atoms with Crippen LogP contribution < -0.4 is 10.2 Å². The summed E-state index contributed by atoms with van der Waals surface area (Å²) >= 11 is 17.5. The number of amides is 2. The lowest BCUT2D eigenvalue weighted by molar-refractivity contribution is -0.122. The Bertz CT molecular complexity index is 1280. The number of carbonyl (C=O) groups is 2. The van der Waals surface area contributed by atoms with Crippen LogP contribution in [0, 0.1) is 13.8 Å². The molecule has 1 fully saturated rings. The lowest BCUT2D eigenvalue weighted by Gasteiger charge is -2.30. The molecule has 0 saturated carbocycles. The van der Waals surface area contributed by atoms with Crippen molar-refractivity contribution in [3.05, 3.63) is 81.0 Å². The molecule has 31 heavy (non-hydrogen) atoms. The minimum absolute atomic E-state index is 0.0360. The molecular formula is C23H16Cl2N2O3S. The Labute approximate surface area is 194 Å². The quantitative estimate of drug-likeness (QED) is 0.302. The number of carbonyl (C=O) groups excluding carboxylic acids is 2. The van der Waals surface area contributed by atoms with Crippen molar-refractivity contribution in [1.29, 1.82) is 0 Å². The zero-order valence-corrected chi connectivity index (χ0v) is 18.9. The highest BCUT2D eigenvalue weighted by Gasteiger charge is 2.35. The van der Waals surface area contributed by atoms with Gasteiger partial charge in [0, 0.05) is 10.6 Å². The maximum Gasteiger partial charge on any atom is 0.270 e. The minimum Gasteiger partial charge on any atom is -0.457 e. The third kappa shape index (κ3) is 4.14. The van der Waals surface area contributed by atoms with Crippen molar-refractivity contribution in [2.45, 2.75) is 13.8 Å². The largest absolute Gasteiger partial charge is 0.457 e. The molecule has 0 radical (unpaired) electrons. The molecule has 2 amide bonds. The average Bonchev–Trinajstić information content (AvgIpc) is 3.16. The van der Waals surface area contributed by atoms with Gasteiger partial charge in [0.2, 0.25) is 0 Å². The van der Waals surface area contributed by atoms with Crippen LogP contribution in [0.5, 0.6) is 0 Å². The van der Waals surface area contributed by atoms with Crippen LogP contribution >= 0.6 is 35.4 Å². The Kier molecular flexibility index (Phi) is 5.71. The van der Waals surface area contributed by atoms with Crippen molar-refractivity contribution < 1.29 is 14.0 Å². The maximum atomic E-state index is 13.2. The number of nitrogens with zero attached hydrogens (tertiary/aromatic N) is 1. The normalized spacial score (nSPS) is 15.5. The second-order valence-electron chi connectivity index (χ2n) is 7.07. The monoisotopic (exact) mass is 470 g/mol. The van der Waals surface area contributed by atoms with Crippen molar-refractivity contribution in [3.63, 3.8) is 0 Å². The van der Waals surface area contributed by atoms with Gasteiger partial charge in [0.05, 0.1) is 10.7 Å². The van der Waals surface area contributed by atoms with E-state index < -0.39 is 11.8 Å². The van der Waals surface area contributed by atoms with Gasteiger partial charge in [-0.2, -0.15) is 0 Å². The number of rotatable bonds is 3. The van der Waals surface area contributed by atoms with E-state index in [1.807, 2.05) is 32.0 Å². The van der Waals surface area contributed by atoms with E-state index in [2.05, 4.69) is 5.32 Å². The van der Waals surface area contributed by atoms with E-state index >= 15 is 0 Å². The molecule has 1 aliphatic heterocycles. The van der Waals surface area contributed by atoms with Crippen molar-refractivity contribution >= 4 is 64.1 Å². The number of nitrogens with one attached hydrogen (secondary N) is 1. The molecule has 8 heteroatoms. The smallest absolute Gasteiger partial charge is 0.270 e. The molecule has 5 nitrogen and oxygen atoms in total. The van der Waals surface area contributed by atoms with Crippen LogP contribution in [0.1, 0.15) is 16.9 Å². The summed E-state index contributed by atoms with van der Waals surface area (Å²) < 4.78 is 5.81. The van der Waals surface area contributed by atoms with Crippen molar-refractivity contribution in [1.82, 2.24) is 5.32 Å². The molecule has 0 aliphatic carbocycles. The van der Waals surface area contributed by atoms with Crippen LogP contribution in [0.25, 0.3) is 17.4 Å². The fraction of sp³-hybridized carbons (Fsp3) is 0.0870. The fourth-order valence-corrected chi connectivity index (χ4v) is 4.02. The van der Waals surface area contributed by atoms with Gasteiger partial charge in [0.25, 0.3) is 11.8 Å². The van der Waals surface area contributed by atoms with Crippen molar-refractivity contribution in [2.75, 3.05) is 4.90 Å². The molecular weight excluding hydrogens is 455 g/mol. The third-order valence-corrected chi connectivity index (χ3v) is 5.65. The van der Waals surface area contributed by atoms with E-state index in [-0.39, 0.29) is 10.7 Å². The van der Waals surface area contributed by atoms with E-state index in [0.29, 0.717) is 32.8 Å². The Balaban J connectivity index is 1.71. The first kappa shape index (κ1) is 21.3. The molecule has 2 aromatic carbocycles. The molecule has 4 rings (SSSR count). The summed E-state index contributed by atoms with van der Waals surface area (Å²) in [6.45, 7) is 3.79. The second kappa shape index (κ2) is 8.30. The van der Waals surface area contributed by atoms with Gasteiger partial charge < -0.3 is 4.42 Å². The number of furan rings is 1. The first-order chi connectivity index (χ1) is 14.7. The van der Waals surface area contributed by atoms with Gasteiger partial charge in [0.15, 0.2) is 5.11 Å². The average molecular weight is 471 g/mol. The maximum absolute atomic E-state index is 13.2. The van der Waals surface area contributed by atoms with Gasteiger partial charge in [-0.1, -0.05) is 35.3 Å². The highest BCUT2D eigenvalue weighted by atomic mass is 35.5. The summed E-state index contributed by atoms with van der Waals surface area (Å²) in [5, 5.41) is 3.56. The van der Waals surface area contributed by atoms with E-state index in [9.17, 15) is 9.59 Å². The van der Waals surface area contributed by atoms with E-state index in [1.165, 1.54) is 11.0 Å². The molecule has 0 atom stereocenters. The zero-order valence-electron chi connectivity index (χ0n) is 16.5. The number of anilines is 1. The lowest BCUT2D eigenvalue weighted by Crippen LogP contribution is -2.54. The molecule has 0 spiro atoms. The van der Waals surface area contributed by atoms with Crippen molar-refractivity contribution in [3.8, 4) is 11.3 Å².